The fourth-order valence-corrected chi connectivity index (χ4v) is 1.37. The van der Waals surface area contributed by atoms with Gasteiger partial charge in [-0.15, -0.1) is 0 Å². The Bertz CT molecular complexity index is 549. The van der Waals surface area contributed by atoms with Crippen molar-refractivity contribution in [2.75, 3.05) is 0 Å². The van der Waals surface area contributed by atoms with Gasteiger partial charge < -0.3 is 5.11 Å². The van der Waals surface area contributed by atoms with Crippen LogP contribution in [0, 0.1) is 5.82 Å². The van der Waals surface area contributed by atoms with E-state index in [1.165, 1.54) is 30.3 Å². The van der Waals surface area contributed by atoms with E-state index in [9.17, 15) is 9.18 Å². The minimum atomic E-state index is -0.371. The number of benzene rings is 1. The van der Waals surface area contributed by atoms with Crippen LogP contribution in [-0.2, 0) is 6.61 Å². The fraction of sp³-hybridized carbons (Fsp3) is 0.0909. The zero-order chi connectivity index (χ0) is 11.5. The number of hydrogen-bond donors (Lipinski definition) is 2. The number of H-pyrrole nitrogens is 1. The Morgan fingerprint density at radius 3 is 2.62 bits per heavy atom. The summed E-state index contributed by atoms with van der Waals surface area (Å²) in [6, 6.07) is 7.02. The molecule has 2 aromatic rings. The third-order valence-corrected chi connectivity index (χ3v) is 2.17. The van der Waals surface area contributed by atoms with Crippen LogP contribution in [0.25, 0.3) is 11.1 Å². The number of nitrogens with one attached hydrogen (secondary N) is 1. The molecule has 2 rings (SSSR count). The van der Waals surface area contributed by atoms with Crippen LogP contribution in [0.2, 0.25) is 0 Å². The Hall–Kier alpha value is -2.01. The summed E-state index contributed by atoms with van der Waals surface area (Å²) in [7, 11) is 0. The molecule has 0 aliphatic carbocycles. The Morgan fingerprint density at radius 1 is 1.31 bits per heavy atom. The first kappa shape index (κ1) is 10.5. The Balaban J connectivity index is 2.54. The van der Waals surface area contributed by atoms with Crippen molar-refractivity contribution >= 4 is 0 Å². The lowest BCUT2D eigenvalue weighted by Crippen LogP contribution is -2.12. The molecular weight excluding hydrogens is 211 g/mol. The third kappa shape index (κ3) is 1.99. The van der Waals surface area contributed by atoms with Crippen molar-refractivity contribution in [2.45, 2.75) is 6.61 Å². The van der Waals surface area contributed by atoms with E-state index in [0.717, 1.165) is 0 Å². The second-order valence-corrected chi connectivity index (χ2v) is 3.27. The van der Waals surface area contributed by atoms with E-state index in [1.54, 1.807) is 0 Å². The average molecular weight is 220 g/mol. The van der Waals surface area contributed by atoms with Gasteiger partial charge in [0.05, 0.1) is 17.9 Å². The second kappa shape index (κ2) is 4.24. The monoisotopic (exact) mass is 220 g/mol. The summed E-state index contributed by atoms with van der Waals surface area (Å²) < 4.78 is 12.7. The maximum Gasteiger partial charge on any atom is 0.272 e. The van der Waals surface area contributed by atoms with Gasteiger partial charge in [0, 0.05) is 0 Å². The highest BCUT2D eigenvalue weighted by atomic mass is 19.1. The molecule has 4 nitrogen and oxygen atoms in total. The lowest BCUT2D eigenvalue weighted by atomic mass is 10.1. The Kier molecular flexibility index (Phi) is 2.78. The molecule has 0 saturated carbocycles. The van der Waals surface area contributed by atoms with E-state index in [-0.39, 0.29) is 18.0 Å². The van der Waals surface area contributed by atoms with E-state index in [1.807, 2.05) is 0 Å². The maximum absolute atomic E-state index is 12.7. The van der Waals surface area contributed by atoms with Crippen molar-refractivity contribution in [3.05, 3.63) is 52.2 Å². The maximum atomic E-state index is 12.7. The number of aliphatic hydroxyl groups is 1. The van der Waals surface area contributed by atoms with E-state index in [4.69, 9.17) is 5.11 Å². The van der Waals surface area contributed by atoms with Crippen molar-refractivity contribution < 1.29 is 9.50 Å². The molecule has 0 unspecified atom stereocenters. The molecule has 0 aliphatic rings. The van der Waals surface area contributed by atoms with Gasteiger partial charge in [-0.1, -0.05) is 12.1 Å². The highest BCUT2D eigenvalue weighted by Crippen LogP contribution is 2.15. The van der Waals surface area contributed by atoms with Crippen LogP contribution in [0.5, 0.6) is 0 Å². The van der Waals surface area contributed by atoms with Gasteiger partial charge in [0.1, 0.15) is 5.82 Å². The molecule has 1 aromatic carbocycles. The highest BCUT2D eigenvalue weighted by molar-refractivity contribution is 5.62. The number of rotatable bonds is 2. The van der Waals surface area contributed by atoms with E-state index >= 15 is 0 Å². The van der Waals surface area contributed by atoms with Crippen LogP contribution in [0.4, 0.5) is 4.39 Å². The number of halogens is 1. The van der Waals surface area contributed by atoms with Gasteiger partial charge >= 0.3 is 0 Å². The van der Waals surface area contributed by atoms with Crippen molar-refractivity contribution in [1.29, 1.82) is 0 Å². The predicted molar refractivity (Wildman–Crippen MR) is 56.2 cm³/mol. The molecule has 82 valence electrons. The number of aromatic nitrogens is 2. The van der Waals surface area contributed by atoms with Gasteiger partial charge in [-0.3, -0.25) is 4.79 Å². The minimum absolute atomic E-state index is 0.259. The first-order chi connectivity index (χ1) is 7.70. The molecule has 0 fully saturated rings. The molecule has 0 saturated heterocycles. The number of aromatic amines is 1. The van der Waals surface area contributed by atoms with Crippen LogP contribution in [0.3, 0.4) is 0 Å². The van der Waals surface area contributed by atoms with Gasteiger partial charge in [0.25, 0.3) is 5.56 Å². The highest BCUT2D eigenvalue weighted by Gasteiger charge is 2.05. The topological polar surface area (TPSA) is 66.0 Å². The average Bonchev–Trinajstić information content (AvgIpc) is 2.31. The normalized spacial score (nSPS) is 10.4. The number of nitrogens with zero attached hydrogens (tertiary/aromatic N) is 1. The van der Waals surface area contributed by atoms with Gasteiger partial charge in [-0.2, -0.15) is 5.10 Å². The zero-order valence-electron chi connectivity index (χ0n) is 8.27. The van der Waals surface area contributed by atoms with Gasteiger partial charge in [-0.25, -0.2) is 9.49 Å². The van der Waals surface area contributed by atoms with Crippen LogP contribution >= 0.6 is 0 Å². The van der Waals surface area contributed by atoms with Gasteiger partial charge in [0.15, 0.2) is 0 Å². The fourth-order valence-electron chi connectivity index (χ4n) is 1.37. The molecule has 0 amide bonds. The van der Waals surface area contributed by atoms with Crippen LogP contribution in [0.1, 0.15) is 5.69 Å². The zero-order valence-corrected chi connectivity index (χ0v) is 8.27. The SMILES string of the molecule is O=c1[nH]nc(CO)cc1-c1ccc(F)cc1. The summed E-state index contributed by atoms with van der Waals surface area (Å²) in [5, 5.41) is 14.8. The molecule has 1 heterocycles. The quantitative estimate of drug-likeness (QED) is 0.795. The predicted octanol–water partition coefficient (Wildman–Crippen LogP) is 1.07. The Morgan fingerprint density at radius 2 is 2.00 bits per heavy atom. The van der Waals surface area contributed by atoms with E-state index in [0.29, 0.717) is 16.8 Å². The molecular formula is C11H9FN2O2. The number of hydrogen-bond acceptors (Lipinski definition) is 3. The van der Waals surface area contributed by atoms with Crippen LogP contribution in [-0.4, -0.2) is 15.3 Å². The van der Waals surface area contributed by atoms with Gasteiger partial charge in [0.2, 0.25) is 0 Å². The lowest BCUT2D eigenvalue weighted by molar-refractivity contribution is 0.275. The van der Waals surface area contributed by atoms with Crippen molar-refractivity contribution in [2.24, 2.45) is 0 Å². The molecule has 2 N–H and O–H groups in total. The molecule has 0 aliphatic heterocycles. The molecule has 16 heavy (non-hydrogen) atoms. The molecule has 0 spiro atoms. The van der Waals surface area contributed by atoms with Crippen LogP contribution in [0.15, 0.2) is 35.1 Å². The summed E-state index contributed by atoms with van der Waals surface area (Å²) in [5.41, 5.74) is 0.932. The third-order valence-electron chi connectivity index (χ3n) is 2.17. The number of aliphatic hydroxyl groups excluding tert-OH is 1. The van der Waals surface area contributed by atoms with Crippen molar-refractivity contribution in [3.63, 3.8) is 0 Å². The van der Waals surface area contributed by atoms with Gasteiger partial charge in [-0.05, 0) is 23.8 Å². The molecule has 1 aromatic heterocycles. The summed E-state index contributed by atoms with van der Waals surface area (Å²) in [6.45, 7) is -0.259. The molecule has 5 heteroatoms. The Labute approximate surface area is 90.4 Å². The smallest absolute Gasteiger partial charge is 0.272 e. The van der Waals surface area contributed by atoms with Crippen molar-refractivity contribution in [3.8, 4) is 11.1 Å². The van der Waals surface area contributed by atoms with E-state index < -0.39 is 0 Å². The summed E-state index contributed by atoms with van der Waals surface area (Å²) in [6.07, 6.45) is 0. The van der Waals surface area contributed by atoms with Crippen LogP contribution < -0.4 is 5.56 Å². The summed E-state index contributed by atoms with van der Waals surface area (Å²) in [5.74, 6) is -0.364. The largest absolute Gasteiger partial charge is 0.390 e. The summed E-state index contributed by atoms with van der Waals surface area (Å²) in [4.78, 5) is 11.5. The standard InChI is InChI=1S/C11H9FN2O2/c12-8-3-1-7(2-4-8)10-5-9(6-15)13-14-11(10)16/h1-5,15H,6H2,(H,14,16). The molecule has 0 radical (unpaired) electrons. The molecule has 0 bridgehead atoms. The lowest BCUT2D eigenvalue weighted by Gasteiger charge is -2.01. The second-order valence-electron chi connectivity index (χ2n) is 3.27. The minimum Gasteiger partial charge on any atom is -0.390 e. The van der Waals surface area contributed by atoms with Crippen molar-refractivity contribution in [1.82, 2.24) is 10.2 Å². The first-order valence-electron chi connectivity index (χ1n) is 4.66. The molecule has 0 atom stereocenters. The first-order valence-corrected chi connectivity index (χ1v) is 4.66. The van der Waals surface area contributed by atoms with E-state index in [2.05, 4.69) is 10.2 Å². The summed E-state index contributed by atoms with van der Waals surface area (Å²) >= 11 is 0.